The first-order valence-corrected chi connectivity index (χ1v) is 13.3. The minimum atomic E-state index is -0.696. The van der Waals surface area contributed by atoms with Gasteiger partial charge in [-0.05, 0) is 74.9 Å². The number of amides is 1. The Balaban J connectivity index is 1.56. The number of benzene rings is 3. The number of methoxy groups -OCH3 is 1. The maximum absolute atomic E-state index is 13.8. The Morgan fingerprint density at radius 2 is 1.76 bits per heavy atom. The van der Waals surface area contributed by atoms with E-state index in [0.29, 0.717) is 40.0 Å². The highest BCUT2D eigenvalue weighted by molar-refractivity contribution is 6.06. The molecule has 0 aliphatic carbocycles. The van der Waals surface area contributed by atoms with Gasteiger partial charge >= 0.3 is 0 Å². The number of hydrogen-bond acceptors (Lipinski definition) is 8. The summed E-state index contributed by atoms with van der Waals surface area (Å²) in [5.41, 5.74) is 4.03. The third-order valence-electron chi connectivity index (χ3n) is 7.13. The van der Waals surface area contributed by atoms with Gasteiger partial charge in [0.05, 0.1) is 23.3 Å². The van der Waals surface area contributed by atoms with Gasteiger partial charge in [0, 0.05) is 42.2 Å². The maximum atomic E-state index is 13.8. The molecule has 4 aromatic rings. The van der Waals surface area contributed by atoms with Crippen LogP contribution in [0.4, 0.5) is 23.0 Å². The molecule has 1 aliphatic heterocycles. The molecule has 11 heteroatoms. The SMILES string of the molecule is CCN(CC)c1ccc(-c2nc3n(n2)C(c2ccc([N+](=O)[O-])cc2)C(C(=O)Nc2ccccc2OC)=C(C)N3)cc1. The quantitative estimate of drug-likeness (QED) is 0.201. The van der Waals surface area contributed by atoms with Crippen molar-refractivity contribution < 1.29 is 14.5 Å². The number of nitrogens with one attached hydrogen (secondary N) is 2. The molecule has 11 nitrogen and oxygen atoms in total. The van der Waals surface area contributed by atoms with Gasteiger partial charge in [-0.1, -0.05) is 12.1 Å². The molecule has 0 radical (unpaired) electrons. The molecule has 1 amide bonds. The van der Waals surface area contributed by atoms with E-state index in [0.717, 1.165) is 24.3 Å². The number of rotatable bonds is 9. The van der Waals surface area contributed by atoms with Gasteiger partial charge in [-0.25, -0.2) is 4.68 Å². The predicted octanol–water partition coefficient (Wildman–Crippen LogP) is 5.64. The lowest BCUT2D eigenvalue weighted by atomic mass is 9.95. The summed E-state index contributed by atoms with van der Waals surface area (Å²) in [5.74, 6) is 1.10. The van der Waals surface area contributed by atoms with Crippen LogP contribution in [0.3, 0.4) is 0 Å². The van der Waals surface area contributed by atoms with Crippen LogP contribution in [0.2, 0.25) is 0 Å². The molecule has 3 aromatic carbocycles. The molecule has 2 heterocycles. The molecular formula is C30H31N7O4. The van der Waals surface area contributed by atoms with Crippen LogP contribution < -0.4 is 20.3 Å². The van der Waals surface area contributed by atoms with Gasteiger partial charge in [-0.15, -0.1) is 5.10 Å². The zero-order valence-corrected chi connectivity index (χ0v) is 23.3. The molecule has 0 saturated carbocycles. The molecule has 1 unspecified atom stereocenters. The molecule has 2 N–H and O–H groups in total. The highest BCUT2D eigenvalue weighted by Crippen LogP contribution is 2.38. The van der Waals surface area contributed by atoms with Gasteiger partial charge in [0.2, 0.25) is 5.95 Å². The second-order valence-corrected chi connectivity index (χ2v) is 9.49. The van der Waals surface area contributed by atoms with Crippen LogP contribution in [0.15, 0.2) is 84.1 Å². The summed E-state index contributed by atoms with van der Waals surface area (Å²) in [6.45, 7) is 7.83. The minimum Gasteiger partial charge on any atom is -0.495 e. The highest BCUT2D eigenvalue weighted by atomic mass is 16.6. The zero-order chi connectivity index (χ0) is 29.1. The summed E-state index contributed by atoms with van der Waals surface area (Å²) in [7, 11) is 1.54. The fourth-order valence-corrected chi connectivity index (χ4v) is 5.00. The lowest BCUT2D eigenvalue weighted by Gasteiger charge is -2.28. The smallest absolute Gasteiger partial charge is 0.269 e. The van der Waals surface area contributed by atoms with Crippen molar-refractivity contribution in [2.45, 2.75) is 26.8 Å². The van der Waals surface area contributed by atoms with Crippen molar-refractivity contribution in [3.05, 3.63) is 99.7 Å². The van der Waals surface area contributed by atoms with E-state index < -0.39 is 11.0 Å². The number of para-hydroxylation sites is 2. The number of ether oxygens (including phenoxy) is 1. The van der Waals surface area contributed by atoms with E-state index in [2.05, 4.69) is 29.4 Å². The van der Waals surface area contributed by atoms with E-state index in [9.17, 15) is 14.9 Å². The number of allylic oxidation sites excluding steroid dienone is 1. The molecule has 1 aromatic heterocycles. The number of fused-ring (bicyclic) bond motifs is 1. The van der Waals surface area contributed by atoms with Crippen LogP contribution in [0.25, 0.3) is 11.4 Å². The van der Waals surface area contributed by atoms with Crippen LogP contribution in [0.5, 0.6) is 5.75 Å². The lowest BCUT2D eigenvalue weighted by molar-refractivity contribution is -0.384. The van der Waals surface area contributed by atoms with Crippen molar-refractivity contribution in [2.24, 2.45) is 0 Å². The number of nitro groups is 1. The average Bonchev–Trinajstić information content (AvgIpc) is 3.41. The van der Waals surface area contributed by atoms with Crippen molar-refractivity contribution in [1.82, 2.24) is 14.8 Å². The van der Waals surface area contributed by atoms with Crippen LogP contribution >= 0.6 is 0 Å². The Kier molecular flexibility index (Phi) is 7.68. The minimum absolute atomic E-state index is 0.0452. The summed E-state index contributed by atoms with van der Waals surface area (Å²) >= 11 is 0. The number of carbonyl (C=O) groups excluding carboxylic acids is 1. The first-order valence-electron chi connectivity index (χ1n) is 13.3. The van der Waals surface area contributed by atoms with Crippen molar-refractivity contribution in [3.8, 4) is 17.1 Å². The zero-order valence-electron chi connectivity index (χ0n) is 23.3. The van der Waals surface area contributed by atoms with E-state index >= 15 is 0 Å². The van der Waals surface area contributed by atoms with E-state index in [4.69, 9.17) is 14.8 Å². The van der Waals surface area contributed by atoms with Gasteiger partial charge < -0.3 is 20.3 Å². The van der Waals surface area contributed by atoms with Crippen molar-refractivity contribution in [1.29, 1.82) is 0 Å². The molecule has 210 valence electrons. The number of hydrogen-bond donors (Lipinski definition) is 2. The van der Waals surface area contributed by atoms with Crippen LogP contribution in [0, 0.1) is 10.1 Å². The summed E-state index contributed by atoms with van der Waals surface area (Å²) in [4.78, 5) is 31.7. The third-order valence-corrected chi connectivity index (χ3v) is 7.13. The number of anilines is 3. The molecule has 1 atom stereocenters. The first-order chi connectivity index (χ1) is 19.8. The number of nitro benzene ring substituents is 1. The molecule has 0 fully saturated rings. The summed E-state index contributed by atoms with van der Waals surface area (Å²) < 4.78 is 7.06. The molecular weight excluding hydrogens is 522 g/mol. The van der Waals surface area contributed by atoms with Crippen LogP contribution in [-0.2, 0) is 4.79 Å². The third kappa shape index (κ3) is 5.33. The van der Waals surface area contributed by atoms with Crippen LogP contribution in [0.1, 0.15) is 32.4 Å². The topological polar surface area (TPSA) is 127 Å². The highest BCUT2D eigenvalue weighted by Gasteiger charge is 2.35. The van der Waals surface area contributed by atoms with Gasteiger partial charge in [-0.2, -0.15) is 4.98 Å². The molecule has 0 bridgehead atoms. The number of nitrogens with zero attached hydrogens (tertiary/aromatic N) is 5. The largest absolute Gasteiger partial charge is 0.495 e. The average molecular weight is 554 g/mol. The predicted molar refractivity (Wildman–Crippen MR) is 158 cm³/mol. The molecule has 5 rings (SSSR count). The van der Waals surface area contributed by atoms with E-state index in [1.807, 2.05) is 30.3 Å². The summed E-state index contributed by atoms with van der Waals surface area (Å²) in [5, 5.41) is 22.3. The number of carbonyl (C=O) groups is 1. The Morgan fingerprint density at radius 1 is 1.07 bits per heavy atom. The van der Waals surface area contributed by atoms with E-state index in [-0.39, 0.29) is 11.6 Å². The second-order valence-electron chi connectivity index (χ2n) is 9.49. The standard InChI is InChI=1S/C30H31N7O4/c1-5-35(6-2)22-15-13-21(14-16-22)28-33-30-31-19(3)26(29(38)32-24-9-7-8-10-25(24)41-4)27(36(30)34-28)20-11-17-23(18-12-20)37(39)40/h7-18,27H,5-6H2,1-4H3,(H,32,38)(H,31,33,34). The number of aromatic nitrogens is 3. The second kappa shape index (κ2) is 11.5. The van der Waals surface area contributed by atoms with Gasteiger partial charge in [0.1, 0.15) is 11.8 Å². The summed E-state index contributed by atoms with van der Waals surface area (Å²) in [6.07, 6.45) is 0. The lowest BCUT2D eigenvalue weighted by Crippen LogP contribution is -2.31. The fourth-order valence-electron chi connectivity index (χ4n) is 5.00. The molecule has 0 saturated heterocycles. The van der Waals surface area contributed by atoms with Gasteiger partial charge in [-0.3, -0.25) is 14.9 Å². The molecule has 41 heavy (non-hydrogen) atoms. The van der Waals surface area contributed by atoms with E-state index in [1.165, 1.54) is 19.2 Å². The Hall–Kier alpha value is -5.19. The monoisotopic (exact) mass is 553 g/mol. The van der Waals surface area contributed by atoms with Crippen molar-refractivity contribution >= 4 is 28.9 Å². The van der Waals surface area contributed by atoms with Crippen molar-refractivity contribution in [3.63, 3.8) is 0 Å². The Morgan fingerprint density at radius 3 is 2.39 bits per heavy atom. The normalized spacial score (nSPS) is 14.2. The summed E-state index contributed by atoms with van der Waals surface area (Å²) in [6, 6.07) is 20.6. The van der Waals surface area contributed by atoms with Gasteiger partial charge in [0.15, 0.2) is 5.82 Å². The number of non-ortho nitro benzene ring substituents is 1. The first kappa shape index (κ1) is 27.4. The Labute approximate surface area is 237 Å². The Bertz CT molecular complexity index is 1610. The van der Waals surface area contributed by atoms with Crippen molar-refractivity contribution in [2.75, 3.05) is 35.7 Å². The van der Waals surface area contributed by atoms with Gasteiger partial charge in [0.25, 0.3) is 11.6 Å². The maximum Gasteiger partial charge on any atom is 0.269 e. The van der Waals surface area contributed by atoms with Crippen LogP contribution in [-0.4, -0.2) is 45.8 Å². The van der Waals surface area contributed by atoms with E-state index in [1.54, 1.807) is 41.9 Å². The molecule has 0 spiro atoms. The fraction of sp³-hybridized carbons (Fsp3) is 0.233. The molecule has 1 aliphatic rings.